The van der Waals surface area contributed by atoms with Crippen LogP contribution in [-0.2, 0) is 0 Å². The summed E-state index contributed by atoms with van der Waals surface area (Å²) in [6, 6.07) is 0. The molecule has 98 valence electrons. The normalized spacial score (nSPS) is 20.6. The number of likely N-dealkylation sites (tertiary alicyclic amines) is 1. The van der Waals surface area contributed by atoms with E-state index in [1.165, 1.54) is 19.4 Å². The molecule has 5 nitrogen and oxygen atoms in total. The van der Waals surface area contributed by atoms with Crippen LogP contribution >= 0.6 is 12.2 Å². The van der Waals surface area contributed by atoms with E-state index in [-0.39, 0.29) is 4.99 Å². The maximum absolute atomic E-state index is 5.63. The zero-order chi connectivity index (χ0) is 13.0. The number of piperidine rings is 1. The van der Waals surface area contributed by atoms with Gasteiger partial charge in [0.15, 0.2) is 5.82 Å². The predicted molar refractivity (Wildman–Crippen MR) is 76.6 cm³/mol. The van der Waals surface area contributed by atoms with E-state index in [4.69, 9.17) is 18.0 Å². The van der Waals surface area contributed by atoms with Gasteiger partial charge in [0.25, 0.3) is 0 Å². The standard InChI is InChI=1S/C12H19N5S/c1-17-6-2-3-9(8-17)7-16-12-10(11(13)18)14-4-5-15-12/h4-5,9H,2-3,6-8H2,1H3,(H2,13,18)(H,15,16). The summed E-state index contributed by atoms with van der Waals surface area (Å²) in [6.07, 6.45) is 5.76. The van der Waals surface area contributed by atoms with Crippen molar-refractivity contribution in [3.8, 4) is 0 Å². The van der Waals surface area contributed by atoms with Crippen LogP contribution in [0.1, 0.15) is 18.5 Å². The van der Waals surface area contributed by atoms with Crippen LogP contribution in [0.2, 0.25) is 0 Å². The highest BCUT2D eigenvalue weighted by molar-refractivity contribution is 7.80. The molecule has 0 saturated carbocycles. The topological polar surface area (TPSA) is 67.1 Å². The molecule has 0 amide bonds. The molecule has 0 aliphatic carbocycles. The van der Waals surface area contributed by atoms with Gasteiger partial charge in [-0.1, -0.05) is 12.2 Å². The lowest BCUT2D eigenvalue weighted by atomic mass is 9.98. The van der Waals surface area contributed by atoms with Crippen LogP contribution < -0.4 is 11.1 Å². The van der Waals surface area contributed by atoms with Gasteiger partial charge in [-0.05, 0) is 32.4 Å². The number of nitrogens with zero attached hydrogens (tertiary/aromatic N) is 3. The van der Waals surface area contributed by atoms with E-state index in [0.29, 0.717) is 17.4 Å². The minimum atomic E-state index is 0.284. The lowest BCUT2D eigenvalue weighted by molar-refractivity contribution is 0.217. The first kappa shape index (κ1) is 13.2. The van der Waals surface area contributed by atoms with Crippen LogP contribution in [-0.4, -0.2) is 46.5 Å². The monoisotopic (exact) mass is 265 g/mol. The molecule has 1 aromatic heterocycles. The molecule has 2 rings (SSSR count). The average Bonchev–Trinajstić information content (AvgIpc) is 2.37. The number of nitrogens with two attached hydrogens (primary N) is 1. The number of rotatable bonds is 4. The van der Waals surface area contributed by atoms with Crippen molar-refractivity contribution in [2.24, 2.45) is 11.7 Å². The van der Waals surface area contributed by atoms with Crippen LogP contribution in [0.3, 0.4) is 0 Å². The molecule has 6 heteroatoms. The largest absolute Gasteiger partial charge is 0.388 e. The third kappa shape index (κ3) is 3.36. The SMILES string of the molecule is CN1CCCC(CNc2nccnc2C(N)=S)C1. The molecule has 1 aromatic rings. The van der Waals surface area contributed by atoms with E-state index in [0.717, 1.165) is 13.1 Å². The lowest BCUT2D eigenvalue weighted by Crippen LogP contribution is -2.35. The molecule has 1 aliphatic rings. The van der Waals surface area contributed by atoms with Crippen LogP contribution in [0.15, 0.2) is 12.4 Å². The second-order valence-electron chi connectivity index (χ2n) is 4.77. The van der Waals surface area contributed by atoms with Crippen LogP contribution in [0.5, 0.6) is 0 Å². The molecule has 18 heavy (non-hydrogen) atoms. The quantitative estimate of drug-likeness (QED) is 0.787. The summed E-state index contributed by atoms with van der Waals surface area (Å²) in [5.41, 5.74) is 6.21. The summed E-state index contributed by atoms with van der Waals surface area (Å²) in [7, 11) is 2.16. The Morgan fingerprint density at radius 1 is 1.56 bits per heavy atom. The number of anilines is 1. The smallest absolute Gasteiger partial charge is 0.155 e. The van der Waals surface area contributed by atoms with Crippen molar-refractivity contribution in [1.29, 1.82) is 0 Å². The van der Waals surface area contributed by atoms with E-state index >= 15 is 0 Å². The molecule has 0 radical (unpaired) electrons. The highest BCUT2D eigenvalue weighted by Gasteiger charge is 2.17. The van der Waals surface area contributed by atoms with Crippen LogP contribution in [0.25, 0.3) is 0 Å². The van der Waals surface area contributed by atoms with Crippen molar-refractivity contribution in [2.75, 3.05) is 32.0 Å². The second kappa shape index (κ2) is 6.06. The molecule has 0 bridgehead atoms. The van der Waals surface area contributed by atoms with E-state index in [9.17, 15) is 0 Å². The molecule has 3 N–H and O–H groups in total. The van der Waals surface area contributed by atoms with Gasteiger partial charge in [0.2, 0.25) is 0 Å². The summed E-state index contributed by atoms with van der Waals surface area (Å²) < 4.78 is 0. The fourth-order valence-corrected chi connectivity index (χ4v) is 2.48. The highest BCUT2D eigenvalue weighted by atomic mass is 32.1. The molecular formula is C12H19N5S. The minimum Gasteiger partial charge on any atom is -0.388 e. The van der Waals surface area contributed by atoms with Crippen LogP contribution in [0, 0.1) is 5.92 Å². The number of aromatic nitrogens is 2. The summed E-state index contributed by atoms with van der Waals surface area (Å²) in [6.45, 7) is 3.20. The number of nitrogens with one attached hydrogen (secondary N) is 1. The Labute approximate surface area is 113 Å². The number of thiocarbonyl (C=S) groups is 1. The van der Waals surface area contributed by atoms with E-state index < -0.39 is 0 Å². The molecule has 1 saturated heterocycles. The van der Waals surface area contributed by atoms with Gasteiger partial charge in [-0.15, -0.1) is 0 Å². The van der Waals surface area contributed by atoms with Crippen molar-refractivity contribution in [3.05, 3.63) is 18.1 Å². The summed E-state index contributed by atoms with van der Waals surface area (Å²) in [5, 5.41) is 3.32. The molecular weight excluding hydrogens is 246 g/mol. The van der Waals surface area contributed by atoms with Crippen molar-refractivity contribution in [1.82, 2.24) is 14.9 Å². The molecule has 1 aliphatic heterocycles. The van der Waals surface area contributed by atoms with E-state index in [1.54, 1.807) is 12.4 Å². The lowest BCUT2D eigenvalue weighted by Gasteiger charge is -2.29. The van der Waals surface area contributed by atoms with Gasteiger partial charge in [0.05, 0.1) is 0 Å². The number of hydrogen-bond acceptors (Lipinski definition) is 5. The fraction of sp³-hybridized carbons (Fsp3) is 0.583. The predicted octanol–water partition coefficient (Wildman–Crippen LogP) is 0.864. The zero-order valence-electron chi connectivity index (χ0n) is 10.6. The van der Waals surface area contributed by atoms with Gasteiger partial charge in [-0.2, -0.15) is 0 Å². The molecule has 2 heterocycles. The third-order valence-electron chi connectivity index (χ3n) is 3.21. The average molecular weight is 265 g/mol. The first-order valence-corrected chi connectivity index (χ1v) is 6.61. The molecule has 0 spiro atoms. The third-order valence-corrected chi connectivity index (χ3v) is 3.41. The Bertz CT molecular complexity index is 423. The van der Waals surface area contributed by atoms with Crippen LogP contribution in [0.4, 0.5) is 5.82 Å². The fourth-order valence-electron chi connectivity index (χ4n) is 2.33. The van der Waals surface area contributed by atoms with Crippen molar-refractivity contribution in [2.45, 2.75) is 12.8 Å². The first-order chi connectivity index (χ1) is 8.66. The number of hydrogen-bond donors (Lipinski definition) is 2. The van der Waals surface area contributed by atoms with E-state index in [1.807, 2.05) is 0 Å². The Balaban J connectivity index is 1.95. The highest BCUT2D eigenvalue weighted by Crippen LogP contribution is 2.16. The summed E-state index contributed by atoms with van der Waals surface area (Å²) >= 11 is 4.97. The van der Waals surface area contributed by atoms with Crippen molar-refractivity contribution >= 4 is 23.0 Å². The molecule has 1 fully saturated rings. The summed E-state index contributed by atoms with van der Waals surface area (Å²) in [5.74, 6) is 1.34. The van der Waals surface area contributed by atoms with Gasteiger partial charge in [-0.3, -0.25) is 0 Å². The molecule has 1 unspecified atom stereocenters. The van der Waals surface area contributed by atoms with Crippen molar-refractivity contribution < 1.29 is 0 Å². The van der Waals surface area contributed by atoms with Gasteiger partial charge < -0.3 is 16.0 Å². The van der Waals surface area contributed by atoms with Gasteiger partial charge in [0.1, 0.15) is 10.7 Å². The summed E-state index contributed by atoms with van der Waals surface area (Å²) in [4.78, 5) is 11.0. The Hall–Kier alpha value is -1.27. The van der Waals surface area contributed by atoms with E-state index in [2.05, 4.69) is 27.2 Å². The first-order valence-electron chi connectivity index (χ1n) is 6.20. The zero-order valence-corrected chi connectivity index (χ0v) is 11.4. The maximum atomic E-state index is 5.63. The second-order valence-corrected chi connectivity index (χ2v) is 5.21. The molecule has 0 aromatic carbocycles. The Kier molecular flexibility index (Phi) is 4.43. The maximum Gasteiger partial charge on any atom is 0.155 e. The Morgan fingerprint density at radius 2 is 2.33 bits per heavy atom. The van der Waals surface area contributed by atoms with Gasteiger partial charge in [0, 0.05) is 25.5 Å². The van der Waals surface area contributed by atoms with Gasteiger partial charge in [-0.25, -0.2) is 9.97 Å². The van der Waals surface area contributed by atoms with Crippen molar-refractivity contribution in [3.63, 3.8) is 0 Å². The Morgan fingerprint density at radius 3 is 3.06 bits per heavy atom. The minimum absolute atomic E-state index is 0.284. The molecule has 1 atom stereocenters. The van der Waals surface area contributed by atoms with Gasteiger partial charge >= 0.3 is 0 Å².